The first-order chi connectivity index (χ1) is 14.2. The van der Waals surface area contributed by atoms with Crippen molar-refractivity contribution in [3.05, 3.63) is 70.4 Å². The molecule has 0 radical (unpaired) electrons. The van der Waals surface area contributed by atoms with Crippen LogP contribution in [0.4, 0.5) is 5.69 Å². The summed E-state index contributed by atoms with van der Waals surface area (Å²) in [6.45, 7) is 1.52. The Hall–Kier alpha value is -2.19. The summed E-state index contributed by atoms with van der Waals surface area (Å²) in [5.41, 5.74) is 2.02. The van der Waals surface area contributed by atoms with Gasteiger partial charge in [-0.2, -0.15) is 0 Å². The maximum Gasteiger partial charge on any atom is 0.153 e. The summed E-state index contributed by atoms with van der Waals surface area (Å²) < 4.78 is 26.4. The standard InChI is InChI=1S/C22H24N2O3S2/c1-24-19-11-14-28-22(19)21(23-12-6-13-26-2)18-10-9-17(15-20(18)29(24)25)27-16-7-4-3-5-8-16/h3-5,7-11,14-15,21,23H,6,12-13H2,1-2H3. The van der Waals surface area contributed by atoms with E-state index in [4.69, 9.17) is 9.47 Å². The normalized spacial score (nSPS) is 18.1. The molecule has 2 unspecified atom stereocenters. The number of ether oxygens (including phenoxy) is 2. The average Bonchev–Trinajstić information content (AvgIpc) is 3.21. The molecule has 7 heteroatoms. The molecule has 152 valence electrons. The number of thiophene rings is 1. The van der Waals surface area contributed by atoms with Crippen molar-refractivity contribution < 1.29 is 13.7 Å². The van der Waals surface area contributed by atoms with E-state index < -0.39 is 11.0 Å². The van der Waals surface area contributed by atoms with Gasteiger partial charge in [0.2, 0.25) is 0 Å². The minimum absolute atomic E-state index is 0.0171. The van der Waals surface area contributed by atoms with Gasteiger partial charge in [0.05, 0.1) is 21.5 Å². The lowest BCUT2D eigenvalue weighted by Gasteiger charge is -2.19. The molecule has 29 heavy (non-hydrogen) atoms. The van der Waals surface area contributed by atoms with Gasteiger partial charge in [-0.25, -0.2) is 4.21 Å². The van der Waals surface area contributed by atoms with Gasteiger partial charge in [0.25, 0.3) is 0 Å². The lowest BCUT2D eigenvalue weighted by molar-refractivity contribution is 0.193. The van der Waals surface area contributed by atoms with Crippen molar-refractivity contribution in [1.82, 2.24) is 5.32 Å². The smallest absolute Gasteiger partial charge is 0.153 e. The number of fused-ring (bicyclic) bond motifs is 2. The summed E-state index contributed by atoms with van der Waals surface area (Å²) in [6.07, 6.45) is 0.914. The second-order valence-corrected chi connectivity index (χ2v) is 9.20. The first-order valence-corrected chi connectivity index (χ1v) is 11.5. The molecule has 1 aromatic heterocycles. The number of anilines is 1. The maximum absolute atomic E-state index is 13.4. The zero-order valence-corrected chi connectivity index (χ0v) is 18.1. The van der Waals surface area contributed by atoms with Crippen LogP contribution in [-0.2, 0) is 15.7 Å². The molecule has 2 aromatic carbocycles. The first kappa shape index (κ1) is 20.1. The van der Waals surface area contributed by atoms with Gasteiger partial charge in [-0.3, -0.25) is 4.31 Å². The molecule has 2 atom stereocenters. The molecule has 5 nitrogen and oxygen atoms in total. The molecule has 0 fully saturated rings. The summed E-state index contributed by atoms with van der Waals surface area (Å²) in [6, 6.07) is 17.5. The minimum atomic E-state index is -1.32. The predicted molar refractivity (Wildman–Crippen MR) is 118 cm³/mol. The van der Waals surface area contributed by atoms with Crippen LogP contribution in [-0.4, -0.2) is 31.5 Å². The van der Waals surface area contributed by atoms with E-state index in [1.807, 2.05) is 66.0 Å². The van der Waals surface area contributed by atoms with Crippen molar-refractivity contribution in [2.75, 3.05) is 31.6 Å². The molecule has 4 rings (SSSR count). The van der Waals surface area contributed by atoms with Gasteiger partial charge >= 0.3 is 0 Å². The Morgan fingerprint density at radius 1 is 1.14 bits per heavy atom. The van der Waals surface area contributed by atoms with Gasteiger partial charge in [-0.05, 0) is 54.2 Å². The molecule has 0 aliphatic carbocycles. The first-order valence-electron chi connectivity index (χ1n) is 9.51. The lowest BCUT2D eigenvalue weighted by atomic mass is 10.0. The molecule has 0 saturated heterocycles. The van der Waals surface area contributed by atoms with E-state index in [-0.39, 0.29) is 6.04 Å². The number of rotatable bonds is 7. The number of methoxy groups -OCH3 is 1. The number of hydrogen-bond acceptors (Lipinski definition) is 5. The zero-order valence-electron chi connectivity index (χ0n) is 16.5. The number of para-hydroxylation sites is 1. The van der Waals surface area contributed by atoms with Crippen LogP contribution in [0.3, 0.4) is 0 Å². The van der Waals surface area contributed by atoms with E-state index in [1.165, 1.54) is 4.88 Å². The van der Waals surface area contributed by atoms with Gasteiger partial charge < -0.3 is 14.8 Å². The molecular weight excluding hydrogens is 404 g/mol. The second-order valence-electron chi connectivity index (χ2n) is 6.76. The van der Waals surface area contributed by atoms with Gasteiger partial charge in [-0.1, -0.05) is 24.3 Å². The third kappa shape index (κ3) is 4.23. The zero-order chi connectivity index (χ0) is 20.2. The number of benzene rings is 2. The van der Waals surface area contributed by atoms with Gasteiger partial charge in [-0.15, -0.1) is 11.3 Å². The van der Waals surface area contributed by atoms with E-state index in [9.17, 15) is 4.21 Å². The number of hydrogen-bond donors (Lipinski definition) is 1. The van der Waals surface area contributed by atoms with Crippen molar-refractivity contribution in [1.29, 1.82) is 0 Å². The van der Waals surface area contributed by atoms with Crippen molar-refractivity contribution in [3.63, 3.8) is 0 Å². The summed E-state index contributed by atoms with van der Waals surface area (Å²) in [4.78, 5) is 1.95. The van der Waals surface area contributed by atoms with Crippen molar-refractivity contribution in [2.45, 2.75) is 17.4 Å². The van der Waals surface area contributed by atoms with Crippen LogP contribution >= 0.6 is 11.3 Å². The van der Waals surface area contributed by atoms with Crippen molar-refractivity contribution in [3.8, 4) is 11.5 Å². The topological polar surface area (TPSA) is 50.8 Å². The molecular formula is C22H24N2O3S2. The Morgan fingerprint density at radius 2 is 1.97 bits per heavy atom. The molecule has 0 bridgehead atoms. The Bertz CT molecular complexity index is 991. The fourth-order valence-electron chi connectivity index (χ4n) is 3.43. The molecule has 1 N–H and O–H groups in total. The average molecular weight is 429 g/mol. The van der Waals surface area contributed by atoms with Crippen LogP contribution in [0.1, 0.15) is 22.9 Å². The molecule has 0 spiro atoms. The summed E-state index contributed by atoms with van der Waals surface area (Å²) in [7, 11) is 2.27. The summed E-state index contributed by atoms with van der Waals surface area (Å²) >= 11 is 1.69. The van der Waals surface area contributed by atoms with Crippen LogP contribution in [0, 0.1) is 0 Å². The van der Waals surface area contributed by atoms with Crippen LogP contribution < -0.4 is 14.4 Å². The molecule has 2 heterocycles. The highest BCUT2D eigenvalue weighted by Gasteiger charge is 2.31. The maximum atomic E-state index is 13.4. The summed E-state index contributed by atoms with van der Waals surface area (Å²) in [5.74, 6) is 1.44. The van der Waals surface area contributed by atoms with E-state index in [1.54, 1.807) is 18.4 Å². The molecule has 0 saturated carbocycles. The van der Waals surface area contributed by atoms with E-state index >= 15 is 0 Å². The molecule has 0 amide bonds. The van der Waals surface area contributed by atoms with Crippen LogP contribution in [0.5, 0.6) is 11.5 Å². The fraction of sp³-hybridized carbons (Fsp3) is 0.273. The number of nitrogens with zero attached hydrogens (tertiary/aromatic N) is 1. The van der Waals surface area contributed by atoms with Crippen LogP contribution in [0.15, 0.2) is 64.9 Å². The monoisotopic (exact) mass is 428 g/mol. The van der Waals surface area contributed by atoms with E-state index in [0.29, 0.717) is 12.4 Å². The fourth-order valence-corrected chi connectivity index (χ4v) is 5.74. The van der Waals surface area contributed by atoms with Gasteiger partial charge in [0.1, 0.15) is 11.5 Å². The van der Waals surface area contributed by atoms with E-state index in [2.05, 4.69) is 10.7 Å². The predicted octanol–water partition coefficient (Wildman–Crippen LogP) is 4.73. The number of nitrogens with one attached hydrogen (secondary N) is 1. The Kier molecular flexibility index (Phi) is 6.30. The summed E-state index contributed by atoms with van der Waals surface area (Å²) in [5, 5.41) is 5.69. The highest BCUT2D eigenvalue weighted by molar-refractivity contribution is 7.86. The molecule has 3 aromatic rings. The molecule has 1 aliphatic rings. The highest BCUT2D eigenvalue weighted by atomic mass is 32.2. The third-order valence-electron chi connectivity index (χ3n) is 4.86. The molecule has 1 aliphatic heterocycles. The Labute approximate surface area is 177 Å². The van der Waals surface area contributed by atoms with Crippen LogP contribution in [0.2, 0.25) is 0 Å². The quantitative estimate of drug-likeness (QED) is 0.553. The SMILES string of the molecule is COCCCNC1c2ccc(Oc3ccccc3)cc2S(=O)N(C)c2ccsc21. The second kappa shape index (κ2) is 9.09. The highest BCUT2D eigenvalue weighted by Crippen LogP contribution is 2.42. The van der Waals surface area contributed by atoms with Crippen molar-refractivity contribution >= 4 is 28.0 Å². The van der Waals surface area contributed by atoms with Gasteiger partial charge in [0.15, 0.2) is 11.0 Å². The van der Waals surface area contributed by atoms with Crippen molar-refractivity contribution in [2.24, 2.45) is 0 Å². The van der Waals surface area contributed by atoms with Crippen LogP contribution in [0.25, 0.3) is 0 Å². The van der Waals surface area contributed by atoms with Gasteiger partial charge in [0, 0.05) is 20.8 Å². The Balaban J connectivity index is 1.70. The minimum Gasteiger partial charge on any atom is -0.457 e. The lowest BCUT2D eigenvalue weighted by Crippen LogP contribution is -2.24. The largest absolute Gasteiger partial charge is 0.457 e. The van der Waals surface area contributed by atoms with E-state index in [0.717, 1.165) is 34.9 Å². The third-order valence-corrected chi connectivity index (χ3v) is 7.26. The Morgan fingerprint density at radius 3 is 2.76 bits per heavy atom.